The SMILES string of the molecule is CCOc1cc(OS(=O)(=O)C(F)(F)F)c2c3cn[nH]c3nn2c1. The number of nitrogens with one attached hydrogen (secondary N) is 1. The van der Waals surface area contributed by atoms with Gasteiger partial charge in [-0.2, -0.15) is 26.7 Å². The maximum absolute atomic E-state index is 12.6. The molecule has 124 valence electrons. The quantitative estimate of drug-likeness (QED) is 0.569. The van der Waals surface area contributed by atoms with E-state index in [9.17, 15) is 21.6 Å². The number of hydrogen-bond donors (Lipinski definition) is 1. The highest BCUT2D eigenvalue weighted by Gasteiger charge is 2.49. The first-order valence-corrected chi connectivity index (χ1v) is 7.63. The van der Waals surface area contributed by atoms with Gasteiger partial charge < -0.3 is 8.92 Å². The normalized spacial score (nSPS) is 12.9. The van der Waals surface area contributed by atoms with Gasteiger partial charge in [0.2, 0.25) is 0 Å². The van der Waals surface area contributed by atoms with Gasteiger partial charge >= 0.3 is 15.6 Å². The molecule has 3 rings (SSSR count). The average molecular weight is 350 g/mol. The number of nitrogens with zero attached hydrogens (tertiary/aromatic N) is 3. The predicted octanol–water partition coefficient (Wildman–Crippen LogP) is 1.84. The highest BCUT2D eigenvalue weighted by atomic mass is 32.2. The number of H-pyrrole nitrogens is 1. The van der Waals surface area contributed by atoms with E-state index in [0.29, 0.717) is 5.39 Å². The number of pyridine rings is 1. The van der Waals surface area contributed by atoms with E-state index in [-0.39, 0.29) is 23.5 Å². The molecular formula is C11H9F3N4O4S. The molecule has 0 spiro atoms. The Bertz CT molecular complexity index is 976. The minimum atomic E-state index is -5.83. The Morgan fingerprint density at radius 2 is 2.13 bits per heavy atom. The zero-order chi connectivity index (χ0) is 16.8. The third-order valence-electron chi connectivity index (χ3n) is 2.86. The third kappa shape index (κ3) is 2.54. The van der Waals surface area contributed by atoms with E-state index >= 15 is 0 Å². The summed E-state index contributed by atoms with van der Waals surface area (Å²) in [5.74, 6) is -0.456. The number of aromatic amines is 1. The molecule has 8 nitrogen and oxygen atoms in total. The van der Waals surface area contributed by atoms with Gasteiger partial charge in [0.05, 0.1) is 24.4 Å². The Balaban J connectivity index is 2.24. The Labute approximate surface area is 126 Å². The van der Waals surface area contributed by atoms with Crippen molar-refractivity contribution in [1.29, 1.82) is 0 Å². The number of aromatic nitrogens is 4. The van der Waals surface area contributed by atoms with Crippen molar-refractivity contribution in [1.82, 2.24) is 19.8 Å². The molecule has 3 aromatic heterocycles. The van der Waals surface area contributed by atoms with Crippen LogP contribution in [0.3, 0.4) is 0 Å². The lowest BCUT2D eigenvalue weighted by molar-refractivity contribution is -0.0499. The number of halogens is 3. The Morgan fingerprint density at radius 1 is 1.39 bits per heavy atom. The molecule has 0 aromatic carbocycles. The summed E-state index contributed by atoms with van der Waals surface area (Å²) in [7, 11) is -5.83. The minimum Gasteiger partial charge on any atom is -0.492 e. The van der Waals surface area contributed by atoms with E-state index in [1.54, 1.807) is 6.92 Å². The Morgan fingerprint density at radius 3 is 2.78 bits per heavy atom. The van der Waals surface area contributed by atoms with Crippen molar-refractivity contribution < 1.29 is 30.5 Å². The third-order valence-corrected chi connectivity index (χ3v) is 3.83. The topological polar surface area (TPSA) is 98.6 Å². The molecule has 0 aliphatic rings. The number of fused-ring (bicyclic) bond motifs is 3. The van der Waals surface area contributed by atoms with Gasteiger partial charge in [-0.05, 0) is 6.92 Å². The van der Waals surface area contributed by atoms with Crippen molar-refractivity contribution >= 4 is 26.7 Å². The van der Waals surface area contributed by atoms with Gasteiger partial charge in [0.1, 0.15) is 11.3 Å². The second-order valence-corrected chi connectivity index (χ2v) is 5.92. The summed E-state index contributed by atoms with van der Waals surface area (Å²) in [5.41, 5.74) is -5.28. The van der Waals surface area contributed by atoms with E-state index in [2.05, 4.69) is 19.5 Å². The molecule has 3 aromatic rings. The Kier molecular flexibility index (Phi) is 3.35. The van der Waals surface area contributed by atoms with Crippen LogP contribution < -0.4 is 8.92 Å². The fourth-order valence-electron chi connectivity index (χ4n) is 1.98. The smallest absolute Gasteiger partial charge is 0.492 e. The van der Waals surface area contributed by atoms with Crippen LogP contribution in [0.15, 0.2) is 18.5 Å². The maximum atomic E-state index is 12.6. The van der Waals surface area contributed by atoms with Crippen LogP contribution in [-0.4, -0.2) is 40.3 Å². The monoisotopic (exact) mass is 350 g/mol. The molecule has 0 fully saturated rings. The largest absolute Gasteiger partial charge is 0.534 e. The van der Waals surface area contributed by atoms with Crippen LogP contribution in [0.2, 0.25) is 0 Å². The second kappa shape index (κ2) is 5.01. The van der Waals surface area contributed by atoms with Crippen LogP contribution in [0.1, 0.15) is 6.92 Å². The number of alkyl halides is 3. The fraction of sp³-hybridized carbons (Fsp3) is 0.273. The van der Waals surface area contributed by atoms with Crippen LogP contribution in [0.5, 0.6) is 11.5 Å². The summed E-state index contributed by atoms with van der Waals surface area (Å²) >= 11 is 0. The van der Waals surface area contributed by atoms with Crippen LogP contribution in [-0.2, 0) is 10.1 Å². The molecule has 0 saturated heterocycles. The standard InChI is InChI=1S/C11H9F3N4O4S/c1-2-21-6-3-8(22-23(19,20)11(12,13)14)9-7-4-15-16-10(7)17-18(9)5-6/h3-5H,2H2,1H3,(H,16,17). The molecule has 23 heavy (non-hydrogen) atoms. The van der Waals surface area contributed by atoms with Crippen molar-refractivity contribution in [3.63, 3.8) is 0 Å². The summed E-state index contributed by atoms with van der Waals surface area (Å²) in [6, 6.07) is 1.05. The van der Waals surface area contributed by atoms with Crippen LogP contribution in [0.4, 0.5) is 13.2 Å². The number of hydrogen-bond acceptors (Lipinski definition) is 6. The highest BCUT2D eigenvalue weighted by molar-refractivity contribution is 7.88. The summed E-state index contributed by atoms with van der Waals surface area (Å²) < 4.78 is 70.9. The van der Waals surface area contributed by atoms with Gasteiger partial charge in [-0.3, -0.25) is 5.10 Å². The zero-order valence-electron chi connectivity index (χ0n) is 11.5. The van der Waals surface area contributed by atoms with Crippen LogP contribution in [0.25, 0.3) is 16.6 Å². The molecule has 0 atom stereocenters. The molecular weight excluding hydrogens is 341 g/mol. The maximum Gasteiger partial charge on any atom is 0.534 e. The fourth-order valence-corrected chi connectivity index (χ4v) is 2.44. The highest BCUT2D eigenvalue weighted by Crippen LogP contribution is 2.34. The zero-order valence-corrected chi connectivity index (χ0v) is 12.3. The summed E-state index contributed by atoms with van der Waals surface area (Å²) in [5, 5.41) is 10.6. The van der Waals surface area contributed by atoms with Crippen LogP contribution >= 0.6 is 0 Å². The van der Waals surface area contributed by atoms with E-state index in [1.807, 2.05) is 0 Å². The van der Waals surface area contributed by atoms with Gasteiger partial charge in [0, 0.05) is 6.07 Å². The van der Waals surface area contributed by atoms with E-state index in [4.69, 9.17) is 4.74 Å². The molecule has 0 amide bonds. The average Bonchev–Trinajstić information content (AvgIpc) is 2.96. The van der Waals surface area contributed by atoms with Crippen molar-refractivity contribution in [2.24, 2.45) is 0 Å². The molecule has 0 saturated carbocycles. The first kappa shape index (κ1) is 15.4. The second-order valence-electron chi connectivity index (χ2n) is 4.38. The summed E-state index contributed by atoms with van der Waals surface area (Å²) in [4.78, 5) is 0. The summed E-state index contributed by atoms with van der Waals surface area (Å²) in [6.45, 7) is 1.88. The number of ether oxygens (including phenoxy) is 1. The van der Waals surface area contributed by atoms with Crippen molar-refractivity contribution in [3.05, 3.63) is 18.5 Å². The first-order chi connectivity index (χ1) is 10.7. The Hall–Kier alpha value is -2.50. The molecule has 3 heterocycles. The molecule has 1 N–H and O–H groups in total. The van der Waals surface area contributed by atoms with Gasteiger partial charge in [0.15, 0.2) is 11.4 Å². The van der Waals surface area contributed by atoms with Crippen molar-refractivity contribution in [2.45, 2.75) is 12.4 Å². The van der Waals surface area contributed by atoms with E-state index < -0.39 is 21.4 Å². The molecule has 0 bridgehead atoms. The number of rotatable bonds is 4. The van der Waals surface area contributed by atoms with Crippen molar-refractivity contribution in [2.75, 3.05) is 6.61 Å². The first-order valence-electron chi connectivity index (χ1n) is 6.22. The molecule has 0 aliphatic carbocycles. The van der Waals surface area contributed by atoms with Gasteiger partial charge in [0.25, 0.3) is 0 Å². The van der Waals surface area contributed by atoms with Crippen molar-refractivity contribution in [3.8, 4) is 11.5 Å². The lowest BCUT2D eigenvalue weighted by Crippen LogP contribution is -2.28. The molecule has 12 heteroatoms. The summed E-state index contributed by atoms with van der Waals surface area (Å²) in [6.07, 6.45) is 2.69. The van der Waals surface area contributed by atoms with Gasteiger partial charge in [-0.15, -0.1) is 5.10 Å². The van der Waals surface area contributed by atoms with E-state index in [0.717, 1.165) is 10.6 Å². The van der Waals surface area contributed by atoms with Gasteiger partial charge in [-0.1, -0.05) is 0 Å². The van der Waals surface area contributed by atoms with Crippen LogP contribution in [0, 0.1) is 0 Å². The lowest BCUT2D eigenvalue weighted by atomic mass is 10.3. The molecule has 0 radical (unpaired) electrons. The lowest BCUT2D eigenvalue weighted by Gasteiger charge is -2.12. The minimum absolute atomic E-state index is 0.0185. The molecule has 0 aliphatic heterocycles. The molecule has 0 unspecified atom stereocenters. The van der Waals surface area contributed by atoms with Gasteiger partial charge in [-0.25, -0.2) is 4.52 Å². The predicted molar refractivity (Wildman–Crippen MR) is 71.6 cm³/mol. The van der Waals surface area contributed by atoms with E-state index in [1.165, 1.54) is 12.4 Å².